The Hall–Kier alpha value is -6.53. The monoisotopic (exact) mass is 1030 g/mol. The van der Waals surface area contributed by atoms with Crippen LogP contribution >= 0.6 is 0 Å². The first-order valence-corrected chi connectivity index (χ1v) is 26.8. The van der Waals surface area contributed by atoms with E-state index in [0.29, 0.717) is 22.8 Å². The third-order valence-electron chi connectivity index (χ3n) is 15.6. The van der Waals surface area contributed by atoms with Crippen molar-refractivity contribution in [3.8, 4) is 0 Å². The number of H-pyrrole nitrogens is 1. The summed E-state index contributed by atoms with van der Waals surface area (Å²) in [7, 11) is 3.37. The number of rotatable bonds is 18. The number of aryl methyl sites for hydroxylation is 2. The van der Waals surface area contributed by atoms with Crippen LogP contribution in [0.25, 0.3) is 11.4 Å². The highest BCUT2D eigenvalue weighted by Crippen LogP contribution is 2.34. The lowest BCUT2D eigenvalue weighted by atomic mass is 9.85. The number of aromatic nitrogens is 2. The Balaban J connectivity index is 1.07. The smallest absolute Gasteiger partial charge is 0.246 e. The van der Waals surface area contributed by atoms with Crippen LogP contribution in [-0.4, -0.2) is 131 Å². The maximum Gasteiger partial charge on any atom is 0.246 e. The Morgan fingerprint density at radius 2 is 1.04 bits per heavy atom. The molecule has 406 valence electrons. The molecule has 1 aromatic heterocycles. The third-order valence-corrected chi connectivity index (χ3v) is 15.6. The van der Waals surface area contributed by atoms with E-state index in [1.165, 1.54) is 11.1 Å². The topological polar surface area (TPSA) is 234 Å². The van der Waals surface area contributed by atoms with E-state index in [9.17, 15) is 28.8 Å². The molecule has 3 heterocycles. The predicted molar refractivity (Wildman–Crippen MR) is 291 cm³/mol. The molecule has 0 bridgehead atoms. The van der Waals surface area contributed by atoms with Crippen LogP contribution in [0.2, 0.25) is 0 Å². The third kappa shape index (κ3) is 13.1. The molecular weight excluding hydrogens is 949 g/mol. The summed E-state index contributed by atoms with van der Waals surface area (Å²) in [5.41, 5.74) is 5.17. The van der Waals surface area contributed by atoms with Gasteiger partial charge in [-0.25, -0.2) is 0 Å². The number of nitrogens with one attached hydrogen (secondary N) is 9. The van der Waals surface area contributed by atoms with E-state index in [2.05, 4.69) is 90.2 Å². The molecule has 7 rings (SSSR count). The van der Waals surface area contributed by atoms with E-state index < -0.39 is 59.2 Å². The molecule has 2 aliphatic carbocycles. The number of aromatic amines is 1. The number of amides is 6. The number of nitrogens with zero attached hydrogens (tertiary/aromatic N) is 3. The Morgan fingerprint density at radius 3 is 1.45 bits per heavy atom. The summed E-state index contributed by atoms with van der Waals surface area (Å²) in [6.07, 6.45) is 5.86. The van der Waals surface area contributed by atoms with Crippen LogP contribution in [0.4, 0.5) is 0 Å². The number of benzene rings is 2. The van der Waals surface area contributed by atoms with Gasteiger partial charge in [0.05, 0.1) is 41.3 Å². The van der Waals surface area contributed by atoms with Gasteiger partial charge in [0.1, 0.15) is 29.9 Å². The minimum absolute atomic E-state index is 0.167. The van der Waals surface area contributed by atoms with Crippen LogP contribution in [0.3, 0.4) is 0 Å². The first kappa shape index (κ1) is 56.2. The highest BCUT2D eigenvalue weighted by Gasteiger charge is 2.48. The summed E-state index contributed by atoms with van der Waals surface area (Å²) < 4.78 is 0. The Labute approximate surface area is 443 Å². The standard InChI is InChI=1S/C57H82N12O6/c1-32(60-38-27-46(52(72)62-42-25-17-21-36-19-13-15-23-40(36)42)68(30-38)54(74)48(56(5,6)7)64-50(70)34(3)58-11)44-29-45(67-66-44)33(2)61-39-28-47(53(73)63-43-26-18-22-37-20-14-16-24-41(37)43)69(31-39)55(75)49(57(8,9)10)65-51(71)35(4)59-12/h13-16,19-20,23-24,29,34-35,38-39,42-43,46-49,58-61H,1-2,17-18,21-22,25-28,30-31H2,3-12H3,(H,62,72)(H,63,73)(H,64,70)(H,65,71)(H,66,67)/t34-,35-,38-,39-,42+,43+,46-,47-,48+,49+/m0/s1. The van der Waals surface area contributed by atoms with Crippen molar-refractivity contribution in [1.82, 2.24) is 62.5 Å². The molecule has 2 saturated heterocycles. The number of hydrogen-bond donors (Lipinski definition) is 9. The summed E-state index contributed by atoms with van der Waals surface area (Å²) >= 11 is 0. The Morgan fingerprint density at radius 1 is 0.627 bits per heavy atom. The Bertz CT molecular complexity index is 2440. The van der Waals surface area contributed by atoms with Crippen molar-refractivity contribution in [3.63, 3.8) is 0 Å². The van der Waals surface area contributed by atoms with Crippen LogP contribution in [0, 0.1) is 10.8 Å². The van der Waals surface area contributed by atoms with E-state index in [1.54, 1.807) is 43.8 Å². The van der Waals surface area contributed by atoms with Crippen LogP contribution in [-0.2, 0) is 41.6 Å². The predicted octanol–water partition coefficient (Wildman–Crippen LogP) is 4.13. The van der Waals surface area contributed by atoms with Crippen molar-refractivity contribution >= 4 is 46.8 Å². The van der Waals surface area contributed by atoms with Crippen molar-refractivity contribution in [3.05, 3.63) is 101 Å². The van der Waals surface area contributed by atoms with Crippen LogP contribution < -0.4 is 42.5 Å². The summed E-state index contributed by atoms with van der Waals surface area (Å²) in [5, 5.41) is 33.0. The summed E-state index contributed by atoms with van der Waals surface area (Å²) in [6, 6.07) is 12.3. The number of hydrogen-bond acceptors (Lipinski definition) is 11. The highest BCUT2D eigenvalue weighted by molar-refractivity contribution is 5.95. The van der Waals surface area contributed by atoms with Gasteiger partial charge >= 0.3 is 0 Å². The first-order chi connectivity index (χ1) is 35.5. The van der Waals surface area contributed by atoms with Gasteiger partial charge in [-0.3, -0.25) is 33.9 Å². The molecule has 0 unspecified atom stereocenters. The lowest BCUT2D eigenvalue weighted by molar-refractivity contribution is -0.144. The van der Waals surface area contributed by atoms with Gasteiger partial charge in [0.15, 0.2) is 0 Å². The molecule has 0 saturated carbocycles. The molecule has 6 amide bonds. The van der Waals surface area contributed by atoms with E-state index in [-0.39, 0.29) is 73.5 Å². The molecule has 2 aliphatic heterocycles. The fraction of sp³-hybridized carbons (Fsp3) is 0.561. The quantitative estimate of drug-likeness (QED) is 0.0879. The highest BCUT2D eigenvalue weighted by atomic mass is 16.2. The van der Waals surface area contributed by atoms with Gasteiger partial charge in [-0.2, -0.15) is 5.10 Å². The summed E-state index contributed by atoms with van der Waals surface area (Å²) in [6.45, 7) is 23.8. The molecule has 3 aromatic rings. The summed E-state index contributed by atoms with van der Waals surface area (Å²) in [5.74, 6) is -1.87. The molecule has 0 radical (unpaired) electrons. The number of carbonyl (C=O) groups is 6. The number of likely N-dealkylation sites (tertiary alicyclic amines) is 2. The molecule has 2 fully saturated rings. The summed E-state index contributed by atoms with van der Waals surface area (Å²) in [4.78, 5) is 88.1. The average molecular weight is 1030 g/mol. The number of fused-ring (bicyclic) bond motifs is 2. The van der Waals surface area contributed by atoms with Crippen molar-refractivity contribution in [2.75, 3.05) is 27.2 Å². The fourth-order valence-electron chi connectivity index (χ4n) is 10.9. The molecule has 0 spiro atoms. The number of likely N-dealkylation sites (N-methyl/N-ethyl adjacent to an activating group) is 2. The second-order valence-corrected chi connectivity index (χ2v) is 23.2. The van der Waals surface area contributed by atoms with Crippen molar-refractivity contribution in [2.45, 2.75) is 167 Å². The van der Waals surface area contributed by atoms with Gasteiger partial charge in [-0.1, -0.05) is 103 Å². The molecule has 2 aromatic carbocycles. The van der Waals surface area contributed by atoms with E-state index in [4.69, 9.17) is 0 Å². The molecular formula is C57H82N12O6. The normalized spacial score (nSPS) is 23.1. The first-order valence-electron chi connectivity index (χ1n) is 26.8. The molecule has 4 aliphatic rings. The van der Waals surface area contributed by atoms with Gasteiger partial charge in [-0.15, -0.1) is 0 Å². The largest absolute Gasteiger partial charge is 0.379 e. The van der Waals surface area contributed by atoms with Gasteiger partial charge < -0.3 is 52.3 Å². The average Bonchev–Trinajstić information content (AvgIpc) is 4.16. The molecule has 10 atom stereocenters. The van der Waals surface area contributed by atoms with Crippen LogP contribution in [0.15, 0.2) is 67.8 Å². The lowest BCUT2D eigenvalue weighted by Crippen LogP contribution is -2.59. The number of carbonyl (C=O) groups excluding carboxylic acids is 6. The van der Waals surface area contributed by atoms with Crippen molar-refractivity contribution < 1.29 is 28.8 Å². The SMILES string of the molecule is C=C(N[C@H]1C[C@@H](C(=O)N[C@@H]2CCCc3ccccc32)N(C(=O)[C@@H](NC(=O)[C@H](C)NC)C(C)(C)C)C1)c1cc(C(=C)N[C@H]2C[C@@H](C(=O)N[C@@H]3CCCc4ccccc43)N(C(=O)[C@@H](NC(=O)[C@H](C)NC)C(C)(C)C)C2)[nH]n1. The second-order valence-electron chi connectivity index (χ2n) is 23.2. The molecule has 18 nitrogen and oxygen atoms in total. The van der Waals surface area contributed by atoms with Gasteiger partial charge in [-0.05, 0) is 118 Å². The van der Waals surface area contributed by atoms with Crippen molar-refractivity contribution in [2.24, 2.45) is 10.8 Å². The minimum Gasteiger partial charge on any atom is -0.379 e. The maximum atomic E-state index is 14.7. The van der Waals surface area contributed by atoms with E-state index in [0.717, 1.165) is 49.7 Å². The zero-order valence-electron chi connectivity index (χ0n) is 45.7. The van der Waals surface area contributed by atoms with Crippen LogP contribution in [0.5, 0.6) is 0 Å². The van der Waals surface area contributed by atoms with Crippen LogP contribution in [0.1, 0.15) is 140 Å². The molecule has 9 N–H and O–H groups in total. The zero-order valence-corrected chi connectivity index (χ0v) is 45.7. The second kappa shape index (κ2) is 23.6. The fourth-order valence-corrected chi connectivity index (χ4v) is 10.9. The Kier molecular flexibility index (Phi) is 17.7. The van der Waals surface area contributed by atoms with Gasteiger partial charge in [0, 0.05) is 25.2 Å². The molecule has 18 heteroatoms. The minimum atomic E-state index is -0.919. The van der Waals surface area contributed by atoms with E-state index in [1.807, 2.05) is 65.8 Å². The maximum absolute atomic E-state index is 14.7. The van der Waals surface area contributed by atoms with E-state index >= 15 is 0 Å². The lowest BCUT2D eigenvalue weighted by Gasteiger charge is -2.36. The van der Waals surface area contributed by atoms with Gasteiger partial charge in [0.25, 0.3) is 0 Å². The molecule has 75 heavy (non-hydrogen) atoms. The zero-order chi connectivity index (χ0) is 54.5. The van der Waals surface area contributed by atoms with Gasteiger partial charge in [0.2, 0.25) is 35.4 Å². The van der Waals surface area contributed by atoms with Crippen molar-refractivity contribution in [1.29, 1.82) is 0 Å².